The Hall–Kier alpha value is -4.05. The highest BCUT2D eigenvalue weighted by Gasteiger charge is 2.26. The number of benzene rings is 2. The zero-order valence-electron chi connectivity index (χ0n) is 21.0. The first-order valence-electron chi connectivity index (χ1n) is 12.0. The molecule has 9 nitrogen and oxygen atoms in total. The van der Waals surface area contributed by atoms with E-state index in [9.17, 15) is 14.0 Å². The number of hydrogen-bond donors (Lipinski definition) is 0. The van der Waals surface area contributed by atoms with Crippen molar-refractivity contribution < 1.29 is 23.5 Å². The third-order valence-corrected chi connectivity index (χ3v) is 6.26. The Balaban J connectivity index is 1.33. The first-order valence-corrected chi connectivity index (χ1v) is 12.0. The number of hydrogen-bond acceptors (Lipinski definition) is 7. The van der Waals surface area contributed by atoms with Crippen molar-refractivity contribution in [3.8, 4) is 17.0 Å². The van der Waals surface area contributed by atoms with E-state index in [1.165, 1.54) is 36.3 Å². The summed E-state index contributed by atoms with van der Waals surface area (Å²) in [5.41, 5.74) is 2.04. The van der Waals surface area contributed by atoms with Crippen molar-refractivity contribution >= 4 is 17.6 Å². The second-order valence-corrected chi connectivity index (χ2v) is 8.60. The van der Waals surface area contributed by atoms with Gasteiger partial charge in [-0.2, -0.15) is 0 Å². The van der Waals surface area contributed by atoms with Crippen LogP contribution in [0.3, 0.4) is 0 Å². The van der Waals surface area contributed by atoms with Crippen LogP contribution < -0.4 is 9.64 Å². The highest BCUT2D eigenvalue weighted by Crippen LogP contribution is 2.22. The molecule has 0 atom stereocenters. The van der Waals surface area contributed by atoms with Gasteiger partial charge < -0.3 is 24.2 Å². The molecule has 1 aromatic heterocycles. The monoisotopic (exact) mass is 507 g/mol. The number of carbonyl (C=O) groups excluding carboxylic acids is 2. The molecule has 194 valence electrons. The van der Waals surface area contributed by atoms with E-state index in [1.54, 1.807) is 12.0 Å². The summed E-state index contributed by atoms with van der Waals surface area (Å²) in [5.74, 6) is 0.623. The third kappa shape index (κ3) is 6.59. The summed E-state index contributed by atoms with van der Waals surface area (Å²) in [7, 11) is 3.16. The summed E-state index contributed by atoms with van der Waals surface area (Å²) >= 11 is 0. The van der Waals surface area contributed by atoms with Crippen LogP contribution in [0.4, 0.5) is 10.2 Å². The lowest BCUT2D eigenvalue weighted by Crippen LogP contribution is -2.52. The molecular weight excluding hydrogens is 477 g/mol. The van der Waals surface area contributed by atoms with Crippen LogP contribution in [0.15, 0.2) is 60.7 Å². The average Bonchev–Trinajstić information content (AvgIpc) is 2.95. The SMILES string of the molecule is COCCN(CC(=O)N1CCN(c2ccc(-c3ccc(OC)cc3)nn2)CC1)C(=O)c1ccc(F)cc1. The molecule has 0 bridgehead atoms. The molecule has 2 heterocycles. The molecule has 0 saturated carbocycles. The molecule has 10 heteroatoms. The van der Waals surface area contributed by atoms with Gasteiger partial charge in [-0.05, 0) is 60.7 Å². The van der Waals surface area contributed by atoms with Gasteiger partial charge in [0.15, 0.2) is 5.82 Å². The molecule has 0 spiro atoms. The van der Waals surface area contributed by atoms with E-state index in [-0.39, 0.29) is 24.9 Å². The van der Waals surface area contributed by atoms with E-state index in [0.717, 1.165) is 22.8 Å². The van der Waals surface area contributed by atoms with Gasteiger partial charge in [-0.15, -0.1) is 10.2 Å². The third-order valence-electron chi connectivity index (χ3n) is 6.26. The van der Waals surface area contributed by atoms with E-state index in [2.05, 4.69) is 15.1 Å². The number of carbonyl (C=O) groups is 2. The Morgan fingerprint density at radius 3 is 2.22 bits per heavy atom. The van der Waals surface area contributed by atoms with Gasteiger partial charge in [0, 0.05) is 51.0 Å². The Morgan fingerprint density at radius 1 is 0.919 bits per heavy atom. The molecule has 0 radical (unpaired) electrons. The van der Waals surface area contributed by atoms with Gasteiger partial charge in [0.05, 0.1) is 19.4 Å². The minimum atomic E-state index is -0.422. The van der Waals surface area contributed by atoms with Crippen LogP contribution in [0.1, 0.15) is 10.4 Å². The fourth-order valence-electron chi connectivity index (χ4n) is 4.09. The minimum Gasteiger partial charge on any atom is -0.497 e. The average molecular weight is 508 g/mol. The molecule has 1 fully saturated rings. The highest BCUT2D eigenvalue weighted by molar-refractivity contribution is 5.96. The van der Waals surface area contributed by atoms with Crippen LogP contribution in [0, 0.1) is 5.82 Å². The number of aromatic nitrogens is 2. The predicted molar refractivity (Wildman–Crippen MR) is 137 cm³/mol. The van der Waals surface area contributed by atoms with Crippen LogP contribution in [-0.2, 0) is 9.53 Å². The van der Waals surface area contributed by atoms with E-state index >= 15 is 0 Å². The molecular formula is C27H30FN5O4. The van der Waals surface area contributed by atoms with Gasteiger partial charge in [-0.25, -0.2) is 4.39 Å². The maximum Gasteiger partial charge on any atom is 0.254 e. The molecule has 0 aliphatic carbocycles. The van der Waals surface area contributed by atoms with Crippen molar-refractivity contribution in [2.24, 2.45) is 0 Å². The maximum atomic E-state index is 13.3. The van der Waals surface area contributed by atoms with E-state index in [4.69, 9.17) is 9.47 Å². The highest BCUT2D eigenvalue weighted by atomic mass is 19.1. The minimum absolute atomic E-state index is 0.0735. The summed E-state index contributed by atoms with van der Waals surface area (Å²) in [5, 5.41) is 8.75. The van der Waals surface area contributed by atoms with Crippen LogP contribution in [0.2, 0.25) is 0 Å². The summed E-state index contributed by atoms with van der Waals surface area (Å²) < 4.78 is 23.6. The molecule has 3 aromatic rings. The Kier molecular flexibility index (Phi) is 8.63. The topological polar surface area (TPSA) is 88.1 Å². The smallest absolute Gasteiger partial charge is 0.254 e. The lowest BCUT2D eigenvalue weighted by Gasteiger charge is -2.36. The normalized spacial score (nSPS) is 13.4. The van der Waals surface area contributed by atoms with Crippen molar-refractivity contribution in [1.29, 1.82) is 0 Å². The summed E-state index contributed by atoms with van der Waals surface area (Å²) in [6.45, 7) is 2.69. The number of piperazine rings is 1. The Labute approximate surface area is 215 Å². The molecule has 1 aliphatic rings. The van der Waals surface area contributed by atoms with Gasteiger partial charge in [-0.1, -0.05) is 0 Å². The van der Waals surface area contributed by atoms with Crippen molar-refractivity contribution in [3.05, 3.63) is 72.0 Å². The molecule has 37 heavy (non-hydrogen) atoms. The van der Waals surface area contributed by atoms with Crippen molar-refractivity contribution in [2.45, 2.75) is 0 Å². The quantitative estimate of drug-likeness (QED) is 0.440. The van der Waals surface area contributed by atoms with Crippen LogP contribution >= 0.6 is 0 Å². The number of anilines is 1. The summed E-state index contributed by atoms with van der Waals surface area (Å²) in [4.78, 5) is 31.2. The van der Waals surface area contributed by atoms with Gasteiger partial charge in [0.2, 0.25) is 5.91 Å². The first-order chi connectivity index (χ1) is 18.0. The number of methoxy groups -OCH3 is 2. The van der Waals surface area contributed by atoms with Crippen molar-refractivity contribution in [2.75, 3.05) is 65.0 Å². The van der Waals surface area contributed by atoms with Crippen LogP contribution in [0.5, 0.6) is 5.75 Å². The van der Waals surface area contributed by atoms with E-state index in [0.29, 0.717) is 38.3 Å². The maximum absolute atomic E-state index is 13.3. The molecule has 1 saturated heterocycles. The number of nitrogens with zero attached hydrogens (tertiary/aromatic N) is 5. The Morgan fingerprint density at radius 2 is 1.62 bits per heavy atom. The van der Waals surface area contributed by atoms with Crippen LogP contribution in [-0.4, -0.2) is 91.9 Å². The molecule has 0 N–H and O–H groups in total. The number of ether oxygens (including phenoxy) is 2. The standard InChI is InChI=1S/C27H30FN5O4/c1-36-18-17-33(27(35)21-3-7-22(28)8-4-21)19-26(34)32-15-13-31(14-16-32)25-12-11-24(29-30-25)20-5-9-23(37-2)10-6-20/h3-12H,13-19H2,1-2H3. The van der Waals surface area contributed by atoms with Gasteiger partial charge in [-0.3, -0.25) is 9.59 Å². The zero-order valence-corrected chi connectivity index (χ0v) is 21.0. The summed E-state index contributed by atoms with van der Waals surface area (Å²) in [6.07, 6.45) is 0. The van der Waals surface area contributed by atoms with Gasteiger partial charge in [0.1, 0.15) is 18.1 Å². The van der Waals surface area contributed by atoms with Crippen molar-refractivity contribution in [3.63, 3.8) is 0 Å². The molecule has 2 amide bonds. The molecule has 2 aromatic carbocycles. The second kappa shape index (κ2) is 12.3. The molecule has 0 unspecified atom stereocenters. The molecule has 4 rings (SSSR count). The van der Waals surface area contributed by atoms with E-state index < -0.39 is 5.82 Å². The molecule has 1 aliphatic heterocycles. The Bertz CT molecular complexity index is 1180. The fourth-order valence-corrected chi connectivity index (χ4v) is 4.09. The number of amides is 2. The second-order valence-electron chi connectivity index (χ2n) is 8.60. The van der Waals surface area contributed by atoms with Crippen molar-refractivity contribution in [1.82, 2.24) is 20.0 Å². The van der Waals surface area contributed by atoms with E-state index in [1.807, 2.05) is 36.4 Å². The first kappa shape index (κ1) is 26.0. The number of rotatable bonds is 9. The fraction of sp³-hybridized carbons (Fsp3) is 0.333. The van der Waals surface area contributed by atoms with Gasteiger partial charge >= 0.3 is 0 Å². The zero-order chi connectivity index (χ0) is 26.2. The summed E-state index contributed by atoms with van der Waals surface area (Å²) in [6, 6.07) is 16.8. The van der Waals surface area contributed by atoms with Gasteiger partial charge in [0.25, 0.3) is 5.91 Å². The lowest BCUT2D eigenvalue weighted by atomic mass is 10.1. The lowest BCUT2D eigenvalue weighted by molar-refractivity contribution is -0.132. The van der Waals surface area contributed by atoms with Crippen LogP contribution in [0.25, 0.3) is 11.3 Å². The predicted octanol–water partition coefficient (Wildman–Crippen LogP) is 2.73. The largest absolute Gasteiger partial charge is 0.497 e. The number of halogens is 1.